The third-order valence-corrected chi connectivity index (χ3v) is 7.27. The van der Waals surface area contributed by atoms with Crippen LogP contribution in [0, 0.1) is 11.3 Å². The number of rotatable bonds is 5. The maximum atomic E-state index is 13.1. The standard InChI is InChI=1S/C18H32ClN5O6S/c1-7(19)9(15-12(26)11(25)13(27)17(30-15)31-2)23-16(28)10-14-8(5-22-10)6-24(18(20)21)3-4-29-14/h7-15,17,22,25-27H,3-6H2,1-2H3,(H3,20,21)(H,23,28)/t7-,8+,9+,10-,11?,12?,13+,14+,15+,17?/m0/s1. The summed E-state index contributed by atoms with van der Waals surface area (Å²) < 4.78 is 11.7. The summed E-state index contributed by atoms with van der Waals surface area (Å²) >= 11 is 7.53. The average molecular weight is 482 g/mol. The van der Waals surface area contributed by atoms with Gasteiger partial charge in [-0.05, 0) is 13.2 Å². The highest BCUT2D eigenvalue weighted by molar-refractivity contribution is 7.99. The highest BCUT2D eigenvalue weighted by atomic mass is 35.5. The number of amides is 1. The molecule has 0 radical (unpaired) electrons. The van der Waals surface area contributed by atoms with Gasteiger partial charge in [-0.2, -0.15) is 0 Å². The number of nitrogens with zero attached hydrogens (tertiary/aromatic N) is 1. The van der Waals surface area contributed by atoms with Gasteiger partial charge in [0.05, 0.1) is 24.1 Å². The van der Waals surface area contributed by atoms with Crippen molar-refractivity contribution >= 4 is 35.2 Å². The maximum absolute atomic E-state index is 13.1. The van der Waals surface area contributed by atoms with E-state index < -0.39 is 53.4 Å². The minimum atomic E-state index is -1.43. The number of fused-ring (bicyclic) bond motifs is 1. The molecule has 0 aliphatic carbocycles. The number of alkyl halides is 1. The molecule has 13 heteroatoms. The molecule has 3 unspecified atom stereocenters. The van der Waals surface area contributed by atoms with Gasteiger partial charge in [0.1, 0.15) is 35.9 Å². The zero-order valence-corrected chi connectivity index (χ0v) is 19.1. The monoisotopic (exact) mass is 481 g/mol. The number of aliphatic hydroxyl groups is 3. The Morgan fingerprint density at radius 1 is 1.35 bits per heavy atom. The molecular formula is C18H32ClN5O6S. The molecule has 0 aromatic carbocycles. The Morgan fingerprint density at radius 2 is 2.06 bits per heavy atom. The molecule has 8 N–H and O–H groups in total. The van der Waals surface area contributed by atoms with Crippen molar-refractivity contribution in [3.63, 3.8) is 0 Å². The molecule has 11 nitrogen and oxygen atoms in total. The van der Waals surface area contributed by atoms with Crippen LogP contribution in [0.1, 0.15) is 6.92 Å². The highest BCUT2D eigenvalue weighted by Crippen LogP contribution is 2.30. The molecule has 3 heterocycles. The zero-order valence-electron chi connectivity index (χ0n) is 17.5. The fraction of sp³-hybridized carbons (Fsp3) is 0.889. The van der Waals surface area contributed by atoms with E-state index in [1.165, 1.54) is 11.8 Å². The molecule has 31 heavy (non-hydrogen) atoms. The van der Waals surface area contributed by atoms with E-state index in [-0.39, 0.29) is 17.8 Å². The number of nitrogens with one attached hydrogen (secondary N) is 3. The van der Waals surface area contributed by atoms with Gasteiger partial charge in [0.2, 0.25) is 5.91 Å². The van der Waals surface area contributed by atoms with Crippen molar-refractivity contribution in [1.82, 2.24) is 15.5 Å². The van der Waals surface area contributed by atoms with E-state index in [1.807, 2.05) is 0 Å². The van der Waals surface area contributed by atoms with Crippen LogP contribution in [-0.4, -0.2) is 118 Å². The predicted molar refractivity (Wildman–Crippen MR) is 116 cm³/mol. The molecule has 3 aliphatic rings. The predicted octanol–water partition coefficient (Wildman–Crippen LogP) is -2.55. The minimum absolute atomic E-state index is 0.0246. The Labute approximate surface area is 190 Å². The van der Waals surface area contributed by atoms with Gasteiger partial charge in [0, 0.05) is 25.6 Å². The first-order chi connectivity index (χ1) is 14.6. The van der Waals surface area contributed by atoms with Crippen molar-refractivity contribution in [2.45, 2.75) is 60.3 Å². The number of hydrogen-bond donors (Lipinski definition) is 7. The third-order valence-electron chi connectivity index (χ3n) is 6.14. The molecule has 0 bridgehead atoms. The fourth-order valence-electron chi connectivity index (χ4n) is 4.40. The van der Waals surface area contributed by atoms with E-state index in [4.69, 9.17) is 32.2 Å². The molecule has 3 aliphatic heterocycles. The van der Waals surface area contributed by atoms with Crippen LogP contribution in [0.5, 0.6) is 0 Å². The van der Waals surface area contributed by atoms with Crippen LogP contribution in [0.2, 0.25) is 0 Å². The normalized spacial score (nSPS) is 40.5. The molecule has 0 aromatic rings. The molecule has 10 atom stereocenters. The number of halogens is 1. The minimum Gasteiger partial charge on any atom is -0.388 e. The van der Waals surface area contributed by atoms with E-state index >= 15 is 0 Å². The van der Waals surface area contributed by atoms with Gasteiger partial charge in [-0.15, -0.1) is 23.4 Å². The molecule has 0 saturated carbocycles. The number of thioether (sulfide) groups is 1. The van der Waals surface area contributed by atoms with Gasteiger partial charge in [0.15, 0.2) is 5.96 Å². The van der Waals surface area contributed by atoms with Crippen LogP contribution < -0.4 is 16.4 Å². The lowest BCUT2D eigenvalue weighted by Gasteiger charge is -2.44. The van der Waals surface area contributed by atoms with E-state index in [0.717, 1.165) is 0 Å². The summed E-state index contributed by atoms with van der Waals surface area (Å²) in [6, 6.07) is -1.47. The molecule has 3 rings (SSSR count). The molecule has 178 valence electrons. The first kappa shape index (κ1) is 24.8. The smallest absolute Gasteiger partial charge is 0.240 e. The van der Waals surface area contributed by atoms with Gasteiger partial charge in [0.25, 0.3) is 0 Å². The summed E-state index contributed by atoms with van der Waals surface area (Å²) in [5.74, 6) is -0.414. The second kappa shape index (κ2) is 10.4. The van der Waals surface area contributed by atoms with E-state index in [0.29, 0.717) is 26.2 Å². The van der Waals surface area contributed by atoms with Gasteiger partial charge < -0.3 is 46.1 Å². The van der Waals surface area contributed by atoms with Crippen LogP contribution in [0.3, 0.4) is 0 Å². The van der Waals surface area contributed by atoms with Gasteiger partial charge >= 0.3 is 0 Å². The highest BCUT2D eigenvalue weighted by Gasteiger charge is 2.49. The summed E-state index contributed by atoms with van der Waals surface area (Å²) in [6.07, 6.45) is -3.81. The van der Waals surface area contributed by atoms with E-state index in [9.17, 15) is 20.1 Å². The van der Waals surface area contributed by atoms with Gasteiger partial charge in [-0.3, -0.25) is 10.2 Å². The second-order valence-electron chi connectivity index (χ2n) is 8.20. The zero-order chi connectivity index (χ0) is 22.9. The summed E-state index contributed by atoms with van der Waals surface area (Å²) in [6.45, 7) is 3.51. The lowest BCUT2D eigenvalue weighted by atomic mass is 9.92. The van der Waals surface area contributed by atoms with Crippen LogP contribution >= 0.6 is 23.4 Å². The van der Waals surface area contributed by atoms with Crippen molar-refractivity contribution in [3.05, 3.63) is 0 Å². The summed E-state index contributed by atoms with van der Waals surface area (Å²) in [5.41, 5.74) is 4.85. The summed E-state index contributed by atoms with van der Waals surface area (Å²) in [5, 5.41) is 43.9. The van der Waals surface area contributed by atoms with E-state index in [2.05, 4.69) is 10.6 Å². The van der Waals surface area contributed by atoms with Crippen LogP contribution in [0.15, 0.2) is 0 Å². The number of ether oxygens (including phenoxy) is 2. The first-order valence-corrected chi connectivity index (χ1v) is 12.0. The molecule has 1 amide bonds. The van der Waals surface area contributed by atoms with Crippen molar-refractivity contribution in [2.75, 3.05) is 32.5 Å². The fourth-order valence-corrected chi connectivity index (χ4v) is 5.28. The Bertz CT molecular complexity index is 661. The third kappa shape index (κ3) is 5.22. The van der Waals surface area contributed by atoms with Crippen molar-refractivity contribution in [2.24, 2.45) is 11.7 Å². The number of nitrogens with two attached hydrogens (primary N) is 1. The van der Waals surface area contributed by atoms with Crippen molar-refractivity contribution in [3.8, 4) is 0 Å². The summed E-state index contributed by atoms with van der Waals surface area (Å²) in [4.78, 5) is 14.9. The van der Waals surface area contributed by atoms with Crippen molar-refractivity contribution < 1.29 is 29.6 Å². The number of carbonyl (C=O) groups is 1. The number of carbonyl (C=O) groups excluding carboxylic acids is 1. The van der Waals surface area contributed by atoms with Gasteiger partial charge in [-0.1, -0.05) is 0 Å². The molecular weight excluding hydrogens is 450 g/mol. The van der Waals surface area contributed by atoms with Crippen LogP contribution in [-0.2, 0) is 14.3 Å². The Kier molecular flexibility index (Phi) is 8.30. The Balaban J connectivity index is 1.70. The molecule has 0 spiro atoms. The van der Waals surface area contributed by atoms with Crippen molar-refractivity contribution in [1.29, 1.82) is 5.41 Å². The second-order valence-corrected chi connectivity index (χ2v) is 9.83. The lowest BCUT2D eigenvalue weighted by Crippen LogP contribution is -2.65. The average Bonchev–Trinajstić information content (AvgIpc) is 3.00. The Morgan fingerprint density at radius 3 is 2.68 bits per heavy atom. The van der Waals surface area contributed by atoms with E-state index in [1.54, 1.807) is 18.1 Å². The summed E-state index contributed by atoms with van der Waals surface area (Å²) in [7, 11) is 0. The SMILES string of the molecule is CSC1O[C@H]([C@H](NC(=O)[C@H]2NC[C@@H]3CN(C(=N)N)CCO[C@H]32)[C@H](C)Cl)C(O)C(O)[C@H]1O. The first-order valence-electron chi connectivity index (χ1n) is 10.3. The van der Waals surface area contributed by atoms with Gasteiger partial charge in [-0.25, -0.2) is 0 Å². The number of aliphatic hydroxyl groups excluding tert-OH is 3. The topological polar surface area (TPSA) is 173 Å². The number of guanidine groups is 1. The largest absolute Gasteiger partial charge is 0.388 e. The quantitative estimate of drug-likeness (QED) is 0.126. The Hall–Kier alpha value is -0.860. The van der Waals surface area contributed by atoms with Crippen LogP contribution in [0.25, 0.3) is 0 Å². The maximum Gasteiger partial charge on any atom is 0.240 e. The van der Waals surface area contributed by atoms with Crippen LogP contribution in [0.4, 0.5) is 0 Å². The molecule has 0 aromatic heterocycles. The molecule has 3 saturated heterocycles. The molecule has 3 fully saturated rings. The lowest BCUT2D eigenvalue weighted by molar-refractivity contribution is -0.205. The number of hydrogen-bond acceptors (Lipinski definition) is 9.